The third kappa shape index (κ3) is 3.96. The van der Waals surface area contributed by atoms with Gasteiger partial charge in [-0.1, -0.05) is 18.2 Å². The molecule has 0 amide bonds. The Labute approximate surface area is 124 Å². The third-order valence-corrected chi connectivity index (χ3v) is 4.75. The van der Waals surface area contributed by atoms with Crippen molar-refractivity contribution in [1.29, 1.82) is 0 Å². The van der Waals surface area contributed by atoms with E-state index in [4.69, 9.17) is 5.73 Å². The van der Waals surface area contributed by atoms with Crippen LogP contribution in [0.15, 0.2) is 47.4 Å². The molecule has 0 fully saturated rings. The van der Waals surface area contributed by atoms with Crippen LogP contribution in [0.3, 0.4) is 0 Å². The van der Waals surface area contributed by atoms with Gasteiger partial charge in [-0.05, 0) is 48.7 Å². The van der Waals surface area contributed by atoms with E-state index in [1.165, 1.54) is 6.07 Å². The smallest absolute Gasteiger partial charge is 0.240 e. The number of hydrogen-bond donors (Lipinski definition) is 3. The predicted molar refractivity (Wildman–Crippen MR) is 82.6 cm³/mol. The topological polar surface area (TPSA) is 92.4 Å². The summed E-state index contributed by atoms with van der Waals surface area (Å²) in [5.41, 5.74) is 7.66. The summed E-state index contributed by atoms with van der Waals surface area (Å²) in [6.45, 7) is 2.01. The first-order valence-electron chi connectivity index (χ1n) is 6.52. The van der Waals surface area contributed by atoms with Crippen LogP contribution in [0.4, 0.5) is 5.69 Å². The molecule has 2 aromatic rings. The number of aryl methyl sites for hydroxylation is 1. The maximum atomic E-state index is 12.2. The first-order valence-corrected chi connectivity index (χ1v) is 8.00. The molecule has 21 heavy (non-hydrogen) atoms. The van der Waals surface area contributed by atoms with Crippen LogP contribution in [0.25, 0.3) is 0 Å². The van der Waals surface area contributed by atoms with Gasteiger partial charge in [-0.15, -0.1) is 0 Å². The molecule has 6 heteroatoms. The minimum atomic E-state index is -3.57. The van der Waals surface area contributed by atoms with E-state index in [0.29, 0.717) is 17.7 Å². The second-order valence-corrected chi connectivity index (χ2v) is 6.57. The highest BCUT2D eigenvalue weighted by atomic mass is 32.2. The zero-order chi connectivity index (χ0) is 15.5. The standard InChI is InChI=1S/C15H18N2O3S/c1-11-2-5-13(16)10-15(11)21(19,20)17-9-8-12-3-6-14(18)7-4-12/h2-7,10,17-18H,8-9,16H2,1H3. The maximum Gasteiger partial charge on any atom is 0.240 e. The molecule has 0 aliphatic heterocycles. The van der Waals surface area contributed by atoms with Gasteiger partial charge in [-0.25, -0.2) is 13.1 Å². The van der Waals surface area contributed by atoms with Gasteiger partial charge >= 0.3 is 0 Å². The fourth-order valence-corrected chi connectivity index (χ4v) is 3.29. The van der Waals surface area contributed by atoms with E-state index in [9.17, 15) is 13.5 Å². The molecule has 0 aliphatic carbocycles. The van der Waals surface area contributed by atoms with Crippen molar-refractivity contribution in [2.24, 2.45) is 0 Å². The SMILES string of the molecule is Cc1ccc(N)cc1S(=O)(=O)NCCc1ccc(O)cc1. The molecule has 0 saturated carbocycles. The van der Waals surface area contributed by atoms with E-state index >= 15 is 0 Å². The number of nitrogen functional groups attached to an aromatic ring is 1. The molecule has 0 aliphatic rings. The molecule has 0 saturated heterocycles. The van der Waals surface area contributed by atoms with Gasteiger partial charge in [0.25, 0.3) is 0 Å². The van der Waals surface area contributed by atoms with Gasteiger partial charge in [0.1, 0.15) is 5.75 Å². The molecule has 4 N–H and O–H groups in total. The first kappa shape index (κ1) is 15.3. The summed E-state index contributed by atoms with van der Waals surface area (Å²) in [5, 5.41) is 9.19. The van der Waals surface area contributed by atoms with Crippen molar-refractivity contribution in [3.8, 4) is 5.75 Å². The summed E-state index contributed by atoms with van der Waals surface area (Å²) in [7, 11) is -3.57. The lowest BCUT2D eigenvalue weighted by Gasteiger charge is -2.10. The second-order valence-electron chi connectivity index (χ2n) is 4.84. The monoisotopic (exact) mass is 306 g/mol. The average molecular weight is 306 g/mol. The molecule has 0 radical (unpaired) electrons. The zero-order valence-corrected chi connectivity index (χ0v) is 12.5. The van der Waals surface area contributed by atoms with Crippen LogP contribution in [0, 0.1) is 6.92 Å². The summed E-state index contributed by atoms with van der Waals surface area (Å²) < 4.78 is 27.0. The van der Waals surface area contributed by atoms with E-state index < -0.39 is 10.0 Å². The highest BCUT2D eigenvalue weighted by Crippen LogP contribution is 2.18. The summed E-state index contributed by atoms with van der Waals surface area (Å²) in [6, 6.07) is 11.5. The normalized spacial score (nSPS) is 11.5. The van der Waals surface area contributed by atoms with Gasteiger partial charge in [0.2, 0.25) is 10.0 Å². The van der Waals surface area contributed by atoms with E-state index in [1.807, 2.05) is 0 Å². The number of sulfonamides is 1. The van der Waals surface area contributed by atoms with Crippen molar-refractivity contribution in [3.63, 3.8) is 0 Å². The van der Waals surface area contributed by atoms with Gasteiger partial charge in [0, 0.05) is 12.2 Å². The van der Waals surface area contributed by atoms with Crippen molar-refractivity contribution in [2.75, 3.05) is 12.3 Å². The van der Waals surface area contributed by atoms with Gasteiger partial charge in [-0.2, -0.15) is 0 Å². The predicted octanol–water partition coefficient (Wildman–Crippen LogP) is 1.80. The van der Waals surface area contributed by atoms with E-state index in [1.54, 1.807) is 43.3 Å². The van der Waals surface area contributed by atoms with Gasteiger partial charge in [0.15, 0.2) is 0 Å². The number of rotatable bonds is 5. The fourth-order valence-electron chi connectivity index (χ4n) is 1.98. The van der Waals surface area contributed by atoms with Crippen LogP contribution in [-0.4, -0.2) is 20.1 Å². The van der Waals surface area contributed by atoms with Gasteiger partial charge in [0.05, 0.1) is 4.90 Å². The number of nitrogens with two attached hydrogens (primary N) is 1. The molecule has 5 nitrogen and oxygen atoms in total. The number of benzene rings is 2. The minimum absolute atomic E-state index is 0.190. The van der Waals surface area contributed by atoms with Crippen molar-refractivity contribution in [1.82, 2.24) is 4.72 Å². The molecular formula is C15H18N2O3S. The Morgan fingerprint density at radius 3 is 2.48 bits per heavy atom. The Kier molecular flexibility index (Phi) is 4.50. The van der Waals surface area contributed by atoms with E-state index in [0.717, 1.165) is 5.56 Å². The summed E-state index contributed by atoms with van der Waals surface area (Å²) >= 11 is 0. The van der Waals surface area contributed by atoms with Crippen LogP contribution in [-0.2, 0) is 16.4 Å². The van der Waals surface area contributed by atoms with Crippen molar-refractivity contribution >= 4 is 15.7 Å². The van der Waals surface area contributed by atoms with Crippen LogP contribution < -0.4 is 10.5 Å². The van der Waals surface area contributed by atoms with Crippen LogP contribution >= 0.6 is 0 Å². The maximum absolute atomic E-state index is 12.2. The first-order chi connectivity index (χ1) is 9.88. The molecule has 0 aromatic heterocycles. The summed E-state index contributed by atoms with van der Waals surface area (Å²) in [4.78, 5) is 0.202. The number of phenols is 1. The lowest BCUT2D eigenvalue weighted by atomic mass is 10.1. The lowest BCUT2D eigenvalue weighted by Crippen LogP contribution is -2.26. The molecule has 112 valence electrons. The van der Waals surface area contributed by atoms with Gasteiger partial charge < -0.3 is 10.8 Å². The summed E-state index contributed by atoms with van der Waals surface area (Å²) in [6.07, 6.45) is 0.543. The zero-order valence-electron chi connectivity index (χ0n) is 11.7. The van der Waals surface area contributed by atoms with Crippen LogP contribution in [0.1, 0.15) is 11.1 Å². The number of nitrogens with one attached hydrogen (secondary N) is 1. The lowest BCUT2D eigenvalue weighted by molar-refractivity contribution is 0.475. The quantitative estimate of drug-likeness (QED) is 0.734. The highest BCUT2D eigenvalue weighted by molar-refractivity contribution is 7.89. The number of aromatic hydroxyl groups is 1. The molecule has 0 atom stereocenters. The highest BCUT2D eigenvalue weighted by Gasteiger charge is 2.16. The minimum Gasteiger partial charge on any atom is -0.508 e. The Morgan fingerprint density at radius 1 is 1.14 bits per heavy atom. The van der Waals surface area contributed by atoms with Crippen LogP contribution in [0.5, 0.6) is 5.75 Å². The second kappa shape index (κ2) is 6.15. The van der Waals surface area contributed by atoms with Crippen molar-refractivity contribution < 1.29 is 13.5 Å². The largest absolute Gasteiger partial charge is 0.508 e. The van der Waals surface area contributed by atoms with E-state index in [-0.39, 0.29) is 17.2 Å². The number of hydrogen-bond acceptors (Lipinski definition) is 4. The molecular weight excluding hydrogens is 288 g/mol. The van der Waals surface area contributed by atoms with Gasteiger partial charge in [-0.3, -0.25) is 0 Å². The van der Waals surface area contributed by atoms with Crippen molar-refractivity contribution in [3.05, 3.63) is 53.6 Å². The number of phenolic OH excluding ortho intramolecular Hbond substituents is 1. The Bertz CT molecular complexity index is 725. The molecule has 0 unspecified atom stereocenters. The molecule has 0 bridgehead atoms. The fraction of sp³-hybridized carbons (Fsp3) is 0.200. The molecule has 0 spiro atoms. The Hall–Kier alpha value is -2.05. The third-order valence-electron chi connectivity index (χ3n) is 3.14. The van der Waals surface area contributed by atoms with Crippen molar-refractivity contribution in [2.45, 2.75) is 18.2 Å². The number of anilines is 1. The molecule has 0 heterocycles. The van der Waals surface area contributed by atoms with E-state index in [2.05, 4.69) is 4.72 Å². The Morgan fingerprint density at radius 2 is 1.81 bits per heavy atom. The molecule has 2 rings (SSSR count). The van der Waals surface area contributed by atoms with Crippen LogP contribution in [0.2, 0.25) is 0 Å². The average Bonchev–Trinajstić information content (AvgIpc) is 2.43. The Balaban J connectivity index is 2.04. The summed E-state index contributed by atoms with van der Waals surface area (Å²) in [5.74, 6) is 0.190. The molecule has 2 aromatic carbocycles.